The van der Waals surface area contributed by atoms with Crippen LogP contribution in [-0.2, 0) is 30.5 Å². The fourth-order valence-corrected chi connectivity index (χ4v) is 3.73. The van der Waals surface area contributed by atoms with E-state index < -0.39 is 29.7 Å². The number of carbonyl (C=O) groups is 1. The Hall–Kier alpha value is -2.08. The van der Waals surface area contributed by atoms with Gasteiger partial charge in [0.15, 0.2) is 5.82 Å². The molecule has 1 unspecified atom stereocenters. The molecule has 1 aromatic carbocycles. The Bertz CT molecular complexity index is 932. The summed E-state index contributed by atoms with van der Waals surface area (Å²) in [6.45, 7) is 2.23. The van der Waals surface area contributed by atoms with Gasteiger partial charge in [0.1, 0.15) is 11.6 Å². The zero-order valence-electron chi connectivity index (χ0n) is 15.9. The Labute approximate surface area is 177 Å². The minimum Gasteiger partial charge on any atom is -0.333 e. The lowest BCUT2D eigenvalue weighted by atomic mass is 10.0. The van der Waals surface area contributed by atoms with Crippen molar-refractivity contribution >= 4 is 21.8 Å². The summed E-state index contributed by atoms with van der Waals surface area (Å²) in [5.41, 5.74) is 0.127. The first kappa shape index (κ1) is 22.6. The van der Waals surface area contributed by atoms with Crippen molar-refractivity contribution in [3.8, 4) is 0 Å². The van der Waals surface area contributed by atoms with Crippen molar-refractivity contribution in [2.75, 3.05) is 13.1 Å². The van der Waals surface area contributed by atoms with Crippen LogP contribution in [0.15, 0.2) is 16.6 Å². The van der Waals surface area contributed by atoms with E-state index in [4.69, 9.17) is 0 Å². The molecular weight excluding hydrogens is 477 g/mol. The molecule has 0 fully saturated rings. The van der Waals surface area contributed by atoms with Gasteiger partial charge in [0, 0.05) is 25.6 Å². The van der Waals surface area contributed by atoms with Crippen LogP contribution in [0.4, 0.5) is 22.0 Å². The van der Waals surface area contributed by atoms with Crippen molar-refractivity contribution in [2.45, 2.75) is 45.1 Å². The fourth-order valence-electron chi connectivity index (χ4n) is 3.41. The SMILES string of the molecule is CCNC(CC(=O)N1CCn2c(nnc2C(F)(F)F)C1)Cc1cc(F)c(Br)cc1F. The zero-order chi connectivity index (χ0) is 22.1. The first-order chi connectivity index (χ1) is 14.1. The fraction of sp³-hybridized carbons (Fsp3) is 0.500. The van der Waals surface area contributed by atoms with E-state index in [1.54, 1.807) is 0 Å². The van der Waals surface area contributed by atoms with Crippen LogP contribution < -0.4 is 5.32 Å². The van der Waals surface area contributed by atoms with Gasteiger partial charge in [-0.2, -0.15) is 13.2 Å². The topological polar surface area (TPSA) is 63.1 Å². The summed E-state index contributed by atoms with van der Waals surface area (Å²) < 4.78 is 67.7. The Morgan fingerprint density at radius 3 is 2.63 bits per heavy atom. The molecule has 3 rings (SSSR count). The van der Waals surface area contributed by atoms with Gasteiger partial charge in [-0.05, 0) is 46.6 Å². The summed E-state index contributed by atoms with van der Waals surface area (Å²) in [5.74, 6) is -2.54. The van der Waals surface area contributed by atoms with E-state index in [0.29, 0.717) is 6.54 Å². The van der Waals surface area contributed by atoms with Crippen LogP contribution in [-0.4, -0.2) is 44.7 Å². The number of likely N-dealkylation sites (N-methyl/N-ethyl adjacent to an activating group) is 1. The number of amides is 1. The van der Waals surface area contributed by atoms with E-state index in [0.717, 1.165) is 16.7 Å². The molecule has 1 aromatic heterocycles. The summed E-state index contributed by atoms with van der Waals surface area (Å²) >= 11 is 2.92. The van der Waals surface area contributed by atoms with Gasteiger partial charge >= 0.3 is 6.18 Å². The molecule has 0 bridgehead atoms. The van der Waals surface area contributed by atoms with E-state index in [-0.39, 0.29) is 54.2 Å². The van der Waals surface area contributed by atoms with E-state index in [1.165, 1.54) is 4.90 Å². The van der Waals surface area contributed by atoms with Crippen LogP contribution in [0.2, 0.25) is 0 Å². The molecule has 1 atom stereocenters. The maximum atomic E-state index is 14.2. The quantitative estimate of drug-likeness (QED) is 0.493. The Balaban J connectivity index is 1.69. The third-order valence-electron chi connectivity index (χ3n) is 4.83. The maximum Gasteiger partial charge on any atom is 0.451 e. The number of aromatic nitrogens is 3. The standard InChI is InChI=1S/C18H19BrF5N5O/c1-2-25-11(5-10-6-14(21)12(19)8-13(10)20)7-16(30)28-3-4-29-15(9-28)26-27-17(29)18(22,23)24/h6,8,11,25H,2-5,7,9H2,1H3. The second-order valence-electron chi connectivity index (χ2n) is 6.93. The highest BCUT2D eigenvalue weighted by molar-refractivity contribution is 9.10. The van der Waals surface area contributed by atoms with Crippen molar-refractivity contribution in [1.82, 2.24) is 25.0 Å². The number of alkyl halides is 3. The molecule has 2 heterocycles. The molecule has 30 heavy (non-hydrogen) atoms. The molecule has 1 N–H and O–H groups in total. The highest BCUT2D eigenvalue weighted by Gasteiger charge is 2.40. The van der Waals surface area contributed by atoms with Gasteiger partial charge in [-0.1, -0.05) is 6.92 Å². The molecule has 2 aromatic rings. The molecule has 0 aliphatic carbocycles. The van der Waals surface area contributed by atoms with Gasteiger partial charge in [0.2, 0.25) is 11.7 Å². The summed E-state index contributed by atoms with van der Waals surface area (Å²) in [6.07, 6.45) is -4.55. The summed E-state index contributed by atoms with van der Waals surface area (Å²) in [6, 6.07) is 1.64. The van der Waals surface area contributed by atoms with Gasteiger partial charge < -0.3 is 14.8 Å². The molecular formula is C18H19BrF5N5O. The zero-order valence-corrected chi connectivity index (χ0v) is 17.5. The molecule has 0 saturated carbocycles. The van der Waals surface area contributed by atoms with Crippen LogP contribution in [0.3, 0.4) is 0 Å². The number of hydrogen-bond donors (Lipinski definition) is 1. The monoisotopic (exact) mass is 495 g/mol. The summed E-state index contributed by atoms with van der Waals surface area (Å²) in [5, 5.41) is 9.82. The van der Waals surface area contributed by atoms with E-state index in [9.17, 15) is 26.7 Å². The largest absolute Gasteiger partial charge is 0.451 e. The molecule has 1 aliphatic rings. The average molecular weight is 496 g/mol. The van der Waals surface area contributed by atoms with Gasteiger partial charge in [-0.25, -0.2) is 8.78 Å². The maximum absolute atomic E-state index is 14.2. The lowest BCUT2D eigenvalue weighted by molar-refractivity contribution is -0.148. The average Bonchev–Trinajstić information content (AvgIpc) is 3.09. The smallest absolute Gasteiger partial charge is 0.333 e. The highest BCUT2D eigenvalue weighted by atomic mass is 79.9. The van der Waals surface area contributed by atoms with Crippen molar-refractivity contribution < 1.29 is 26.7 Å². The second-order valence-corrected chi connectivity index (χ2v) is 7.78. The predicted molar refractivity (Wildman–Crippen MR) is 100 cm³/mol. The second kappa shape index (κ2) is 8.96. The minimum absolute atomic E-state index is 0.00971. The molecule has 1 amide bonds. The molecule has 0 radical (unpaired) electrons. The number of rotatable bonds is 6. The number of nitrogens with zero attached hydrogens (tertiary/aromatic N) is 4. The number of fused-ring (bicyclic) bond motifs is 1. The number of hydrogen-bond acceptors (Lipinski definition) is 4. The lowest BCUT2D eigenvalue weighted by Crippen LogP contribution is -2.43. The summed E-state index contributed by atoms with van der Waals surface area (Å²) in [4.78, 5) is 14.1. The molecule has 12 heteroatoms. The molecule has 6 nitrogen and oxygen atoms in total. The van der Waals surface area contributed by atoms with E-state index in [2.05, 4.69) is 31.4 Å². The van der Waals surface area contributed by atoms with Crippen LogP contribution in [0, 0.1) is 11.6 Å². The van der Waals surface area contributed by atoms with Crippen molar-refractivity contribution in [2.24, 2.45) is 0 Å². The third-order valence-corrected chi connectivity index (χ3v) is 5.44. The Morgan fingerprint density at radius 1 is 1.23 bits per heavy atom. The van der Waals surface area contributed by atoms with Crippen LogP contribution >= 0.6 is 15.9 Å². The van der Waals surface area contributed by atoms with Crippen LogP contribution in [0.25, 0.3) is 0 Å². The van der Waals surface area contributed by atoms with Gasteiger partial charge in [-0.15, -0.1) is 10.2 Å². The van der Waals surface area contributed by atoms with E-state index >= 15 is 0 Å². The minimum atomic E-state index is -4.61. The Kier molecular flexibility index (Phi) is 6.75. The normalized spacial score (nSPS) is 15.2. The van der Waals surface area contributed by atoms with Gasteiger partial charge in [0.05, 0.1) is 11.0 Å². The number of halogens is 6. The lowest BCUT2D eigenvalue weighted by Gasteiger charge is -2.29. The molecule has 0 saturated heterocycles. The van der Waals surface area contributed by atoms with Gasteiger partial charge in [0.25, 0.3) is 0 Å². The Morgan fingerprint density at radius 2 is 1.97 bits per heavy atom. The first-order valence-corrected chi connectivity index (χ1v) is 10.0. The van der Waals surface area contributed by atoms with Crippen LogP contribution in [0.1, 0.15) is 30.6 Å². The molecule has 1 aliphatic heterocycles. The van der Waals surface area contributed by atoms with Crippen LogP contribution in [0.5, 0.6) is 0 Å². The van der Waals surface area contributed by atoms with Crippen molar-refractivity contribution in [3.63, 3.8) is 0 Å². The number of carbonyl (C=O) groups excluding carboxylic acids is 1. The molecule has 0 spiro atoms. The van der Waals surface area contributed by atoms with Gasteiger partial charge in [-0.3, -0.25) is 4.79 Å². The van der Waals surface area contributed by atoms with E-state index in [1.807, 2.05) is 6.92 Å². The van der Waals surface area contributed by atoms with Crippen molar-refractivity contribution in [1.29, 1.82) is 0 Å². The third kappa shape index (κ3) is 4.97. The highest BCUT2D eigenvalue weighted by Crippen LogP contribution is 2.29. The van der Waals surface area contributed by atoms with Crippen molar-refractivity contribution in [3.05, 3.63) is 45.5 Å². The number of benzene rings is 1. The summed E-state index contributed by atoms with van der Waals surface area (Å²) in [7, 11) is 0. The molecule has 164 valence electrons. The number of nitrogens with one attached hydrogen (secondary N) is 1. The predicted octanol–water partition coefficient (Wildman–Crippen LogP) is 3.29. The first-order valence-electron chi connectivity index (χ1n) is 9.24.